The topological polar surface area (TPSA) is 58.1 Å². The summed E-state index contributed by atoms with van der Waals surface area (Å²) in [5, 5.41) is 14.1. The van der Waals surface area contributed by atoms with Gasteiger partial charge in [0.2, 0.25) is 5.91 Å². The zero-order valence-corrected chi connectivity index (χ0v) is 18.0. The molecular weight excluding hydrogens is 396 g/mol. The van der Waals surface area contributed by atoms with Crippen molar-refractivity contribution in [2.24, 2.45) is 0 Å². The average Bonchev–Trinajstić information content (AvgIpc) is 2.85. The molecule has 1 aliphatic rings. The number of nitrogens with one attached hydrogen (secondary N) is 1. The lowest BCUT2D eigenvalue weighted by Crippen LogP contribution is -2.30. The number of amides is 1. The molecule has 160 valence electrons. The van der Waals surface area contributed by atoms with Gasteiger partial charge in [-0.3, -0.25) is 4.79 Å². The number of rotatable bonds is 5. The third-order valence-electron chi connectivity index (χ3n) is 6.03. The molecule has 0 aliphatic carbocycles. The van der Waals surface area contributed by atoms with Crippen molar-refractivity contribution in [2.75, 3.05) is 23.3 Å². The summed E-state index contributed by atoms with van der Waals surface area (Å²) in [7, 11) is 0. The zero-order chi connectivity index (χ0) is 21.8. The molecule has 0 unspecified atom stereocenters. The monoisotopic (exact) mass is 422 g/mol. The molecule has 0 radical (unpaired) electrons. The summed E-state index contributed by atoms with van der Waals surface area (Å²) in [6.07, 6.45) is 4.08. The molecule has 4 aromatic rings. The minimum Gasteiger partial charge on any atom is -0.355 e. The van der Waals surface area contributed by atoms with Gasteiger partial charge in [-0.15, -0.1) is 10.2 Å². The molecule has 32 heavy (non-hydrogen) atoms. The van der Waals surface area contributed by atoms with Crippen molar-refractivity contribution in [1.82, 2.24) is 10.2 Å². The number of piperidine rings is 1. The van der Waals surface area contributed by atoms with Crippen molar-refractivity contribution in [2.45, 2.75) is 25.7 Å². The van der Waals surface area contributed by atoms with Gasteiger partial charge in [-0.25, -0.2) is 0 Å². The molecule has 5 heteroatoms. The largest absolute Gasteiger partial charge is 0.355 e. The number of carbonyl (C=O) groups is 1. The average molecular weight is 423 g/mol. The summed E-state index contributed by atoms with van der Waals surface area (Å²) in [6, 6.07) is 26.1. The van der Waals surface area contributed by atoms with Gasteiger partial charge in [-0.2, -0.15) is 0 Å². The number of carbonyl (C=O) groups excluding carboxylic acids is 1. The standard InChI is InChI=1S/C27H26N4O/c32-27(19-22-9-6-8-20-7-2-3-10-24(20)22)28-23-13-11-21(12-14-23)25-15-16-26(30-29-25)31-17-4-1-5-18-31/h2-3,6-16H,1,4-5,17-19H2,(H,28,32). The van der Waals surface area contributed by atoms with Crippen molar-refractivity contribution in [1.29, 1.82) is 0 Å². The number of nitrogens with zero attached hydrogens (tertiary/aromatic N) is 3. The molecule has 0 spiro atoms. The minimum atomic E-state index is -0.0280. The molecular formula is C27H26N4O. The number of aromatic nitrogens is 2. The minimum absolute atomic E-state index is 0.0280. The fourth-order valence-corrected chi connectivity index (χ4v) is 4.32. The normalized spacial score (nSPS) is 13.8. The van der Waals surface area contributed by atoms with E-state index in [0.717, 1.165) is 52.2 Å². The smallest absolute Gasteiger partial charge is 0.228 e. The first-order valence-corrected chi connectivity index (χ1v) is 11.2. The number of hydrogen-bond donors (Lipinski definition) is 1. The van der Waals surface area contributed by atoms with Gasteiger partial charge in [-0.05, 0) is 59.9 Å². The SMILES string of the molecule is O=C(Cc1cccc2ccccc12)Nc1ccc(-c2ccc(N3CCCCC3)nn2)cc1. The van der Waals surface area contributed by atoms with Crippen LogP contribution >= 0.6 is 0 Å². The van der Waals surface area contributed by atoms with Gasteiger partial charge in [0.25, 0.3) is 0 Å². The maximum atomic E-state index is 12.6. The molecule has 0 saturated carbocycles. The summed E-state index contributed by atoms with van der Waals surface area (Å²) < 4.78 is 0. The Morgan fingerprint density at radius 1 is 0.812 bits per heavy atom. The van der Waals surface area contributed by atoms with Crippen LogP contribution in [-0.2, 0) is 11.2 Å². The summed E-state index contributed by atoms with van der Waals surface area (Å²) in [4.78, 5) is 14.9. The van der Waals surface area contributed by atoms with Crippen LogP contribution in [0.2, 0.25) is 0 Å². The number of benzene rings is 3. The van der Waals surface area contributed by atoms with Crippen molar-refractivity contribution < 1.29 is 4.79 Å². The number of hydrogen-bond acceptors (Lipinski definition) is 4. The van der Waals surface area contributed by atoms with Crippen LogP contribution in [0.5, 0.6) is 0 Å². The van der Waals surface area contributed by atoms with Gasteiger partial charge in [0.1, 0.15) is 0 Å². The maximum absolute atomic E-state index is 12.6. The molecule has 0 atom stereocenters. The summed E-state index contributed by atoms with van der Waals surface area (Å²) in [5.74, 6) is 0.922. The van der Waals surface area contributed by atoms with Crippen LogP contribution in [0.15, 0.2) is 78.9 Å². The third kappa shape index (κ3) is 4.47. The molecule has 1 aromatic heterocycles. The van der Waals surface area contributed by atoms with Crippen molar-refractivity contribution in [3.8, 4) is 11.3 Å². The van der Waals surface area contributed by atoms with Crippen LogP contribution in [0.1, 0.15) is 24.8 Å². The highest BCUT2D eigenvalue weighted by atomic mass is 16.1. The van der Waals surface area contributed by atoms with E-state index >= 15 is 0 Å². The molecule has 5 nitrogen and oxygen atoms in total. The Morgan fingerprint density at radius 2 is 1.59 bits per heavy atom. The Balaban J connectivity index is 1.24. The highest BCUT2D eigenvalue weighted by Gasteiger charge is 2.13. The number of anilines is 2. The third-order valence-corrected chi connectivity index (χ3v) is 6.03. The van der Waals surface area contributed by atoms with E-state index in [-0.39, 0.29) is 5.91 Å². The van der Waals surface area contributed by atoms with E-state index in [9.17, 15) is 4.79 Å². The van der Waals surface area contributed by atoms with E-state index in [0.29, 0.717) is 6.42 Å². The van der Waals surface area contributed by atoms with Crippen molar-refractivity contribution in [3.63, 3.8) is 0 Å². The van der Waals surface area contributed by atoms with Gasteiger partial charge in [0.05, 0.1) is 12.1 Å². The highest BCUT2D eigenvalue weighted by molar-refractivity contribution is 5.96. The van der Waals surface area contributed by atoms with Gasteiger partial charge in [0.15, 0.2) is 5.82 Å². The van der Waals surface area contributed by atoms with Gasteiger partial charge < -0.3 is 10.2 Å². The van der Waals surface area contributed by atoms with E-state index in [2.05, 4.69) is 38.6 Å². The van der Waals surface area contributed by atoms with Crippen LogP contribution < -0.4 is 10.2 Å². The van der Waals surface area contributed by atoms with Gasteiger partial charge in [-0.1, -0.05) is 54.6 Å². The Labute approximate surface area is 188 Å². The van der Waals surface area contributed by atoms with Gasteiger partial charge in [0, 0.05) is 24.3 Å². The second-order valence-corrected chi connectivity index (χ2v) is 8.27. The highest BCUT2D eigenvalue weighted by Crippen LogP contribution is 2.23. The second-order valence-electron chi connectivity index (χ2n) is 8.27. The van der Waals surface area contributed by atoms with Crippen LogP contribution in [0.25, 0.3) is 22.0 Å². The Bertz CT molecular complexity index is 1210. The van der Waals surface area contributed by atoms with Crippen LogP contribution in [0.3, 0.4) is 0 Å². The van der Waals surface area contributed by atoms with Crippen molar-refractivity contribution in [3.05, 3.63) is 84.4 Å². The summed E-state index contributed by atoms with van der Waals surface area (Å²) in [6.45, 7) is 2.11. The molecule has 1 saturated heterocycles. The second kappa shape index (κ2) is 9.18. The lowest BCUT2D eigenvalue weighted by molar-refractivity contribution is -0.115. The Kier molecular flexibility index (Phi) is 5.79. The molecule has 5 rings (SSSR count). The summed E-state index contributed by atoms with van der Waals surface area (Å²) in [5.41, 5.74) is 3.62. The van der Waals surface area contributed by atoms with E-state index in [4.69, 9.17) is 0 Å². The zero-order valence-electron chi connectivity index (χ0n) is 18.0. The number of fused-ring (bicyclic) bond motifs is 1. The summed E-state index contributed by atoms with van der Waals surface area (Å²) >= 11 is 0. The van der Waals surface area contributed by atoms with E-state index in [1.54, 1.807) is 0 Å². The predicted molar refractivity (Wildman–Crippen MR) is 130 cm³/mol. The van der Waals surface area contributed by atoms with E-state index in [1.165, 1.54) is 19.3 Å². The lowest BCUT2D eigenvalue weighted by Gasteiger charge is -2.27. The molecule has 1 fully saturated rings. The fourth-order valence-electron chi connectivity index (χ4n) is 4.32. The maximum Gasteiger partial charge on any atom is 0.228 e. The molecule has 3 aromatic carbocycles. The van der Waals surface area contributed by atoms with Gasteiger partial charge >= 0.3 is 0 Å². The lowest BCUT2D eigenvalue weighted by atomic mass is 10.0. The first kappa shape index (κ1) is 20.2. The quantitative estimate of drug-likeness (QED) is 0.463. The molecule has 1 N–H and O–H groups in total. The Morgan fingerprint density at radius 3 is 2.38 bits per heavy atom. The first-order chi connectivity index (χ1) is 15.8. The van der Waals surface area contributed by atoms with E-state index < -0.39 is 0 Å². The molecule has 1 amide bonds. The molecule has 0 bridgehead atoms. The first-order valence-electron chi connectivity index (χ1n) is 11.2. The van der Waals surface area contributed by atoms with Crippen LogP contribution in [0, 0.1) is 0 Å². The van der Waals surface area contributed by atoms with Crippen LogP contribution in [0.4, 0.5) is 11.5 Å². The fraction of sp³-hybridized carbons (Fsp3) is 0.222. The Hall–Kier alpha value is -3.73. The van der Waals surface area contributed by atoms with Crippen LogP contribution in [-0.4, -0.2) is 29.2 Å². The molecule has 1 aliphatic heterocycles. The van der Waals surface area contributed by atoms with E-state index in [1.807, 2.05) is 60.7 Å². The predicted octanol–water partition coefficient (Wildman–Crippen LogP) is 5.47. The molecule has 2 heterocycles. The van der Waals surface area contributed by atoms with Crippen molar-refractivity contribution >= 4 is 28.2 Å².